The number of phenols is 2. The molecule has 74 valence electrons. The Morgan fingerprint density at radius 3 is 2.43 bits per heavy atom. The van der Waals surface area contributed by atoms with Gasteiger partial charge < -0.3 is 10.2 Å². The molecule has 14 heavy (non-hydrogen) atoms. The Bertz CT molecular complexity index is 335. The van der Waals surface area contributed by atoms with Gasteiger partial charge in [0.15, 0.2) is 0 Å². The van der Waals surface area contributed by atoms with Crippen LogP contribution in [0.3, 0.4) is 0 Å². The molecule has 3 N–H and O–H groups in total. The minimum atomic E-state index is 0.00375. The van der Waals surface area contributed by atoms with Crippen molar-refractivity contribution < 1.29 is 10.2 Å². The summed E-state index contributed by atoms with van der Waals surface area (Å²) < 4.78 is 0. The van der Waals surface area contributed by atoms with Gasteiger partial charge in [-0.3, -0.25) is 5.32 Å². The van der Waals surface area contributed by atoms with Crippen LogP contribution in [0.2, 0.25) is 0 Å². The summed E-state index contributed by atoms with van der Waals surface area (Å²) in [5.41, 5.74) is 0.803. The zero-order chi connectivity index (χ0) is 10.6. The molecular formula is C11H13NO2. The highest BCUT2D eigenvalue weighted by Gasteiger charge is 2.06. The summed E-state index contributed by atoms with van der Waals surface area (Å²) in [4.78, 5) is 0. The van der Waals surface area contributed by atoms with Crippen LogP contribution in [0.25, 0.3) is 0 Å². The van der Waals surface area contributed by atoms with Crippen molar-refractivity contribution in [2.75, 3.05) is 6.54 Å². The van der Waals surface area contributed by atoms with Crippen molar-refractivity contribution in [3.05, 3.63) is 23.8 Å². The van der Waals surface area contributed by atoms with Crippen LogP contribution in [0, 0.1) is 12.3 Å². The summed E-state index contributed by atoms with van der Waals surface area (Å²) in [5, 5.41) is 21.5. The van der Waals surface area contributed by atoms with E-state index in [0.717, 1.165) is 5.56 Å². The molecule has 0 aromatic heterocycles. The number of benzene rings is 1. The van der Waals surface area contributed by atoms with Crippen LogP contribution in [0.5, 0.6) is 11.5 Å². The number of hydrogen-bond acceptors (Lipinski definition) is 3. The van der Waals surface area contributed by atoms with E-state index in [1.165, 1.54) is 6.07 Å². The maximum atomic E-state index is 9.24. The fourth-order valence-corrected chi connectivity index (χ4v) is 1.20. The first-order valence-corrected chi connectivity index (χ1v) is 4.33. The van der Waals surface area contributed by atoms with Crippen LogP contribution < -0.4 is 5.32 Å². The third kappa shape index (κ3) is 2.68. The van der Waals surface area contributed by atoms with Crippen molar-refractivity contribution in [2.24, 2.45) is 0 Å². The Kier molecular flexibility index (Phi) is 3.38. The van der Waals surface area contributed by atoms with Gasteiger partial charge in [-0.15, -0.1) is 6.42 Å². The van der Waals surface area contributed by atoms with Gasteiger partial charge in [0.1, 0.15) is 11.5 Å². The lowest BCUT2D eigenvalue weighted by Gasteiger charge is -2.12. The molecule has 1 aromatic carbocycles. The molecule has 0 spiro atoms. The van der Waals surface area contributed by atoms with Crippen molar-refractivity contribution in [3.63, 3.8) is 0 Å². The Balaban J connectivity index is 2.79. The first kappa shape index (κ1) is 10.4. The summed E-state index contributed by atoms with van der Waals surface area (Å²) in [5.74, 6) is 2.56. The fraction of sp³-hybridized carbons (Fsp3) is 0.273. The molecule has 3 nitrogen and oxygen atoms in total. The maximum Gasteiger partial charge on any atom is 0.119 e. The molecule has 0 amide bonds. The minimum Gasteiger partial charge on any atom is -0.508 e. The number of hydrogen-bond donors (Lipinski definition) is 3. The molecule has 1 atom stereocenters. The molecule has 0 bridgehead atoms. The molecule has 0 radical (unpaired) electrons. The van der Waals surface area contributed by atoms with E-state index in [0.29, 0.717) is 6.54 Å². The molecule has 0 aliphatic carbocycles. The van der Waals surface area contributed by atoms with Crippen molar-refractivity contribution >= 4 is 0 Å². The summed E-state index contributed by atoms with van der Waals surface area (Å²) in [6.07, 6.45) is 5.10. The highest BCUT2D eigenvalue weighted by molar-refractivity contribution is 5.37. The third-order valence-electron chi connectivity index (χ3n) is 1.94. The van der Waals surface area contributed by atoms with E-state index in [1.807, 2.05) is 6.92 Å². The fourth-order valence-electron chi connectivity index (χ4n) is 1.20. The lowest BCUT2D eigenvalue weighted by molar-refractivity contribution is 0.447. The van der Waals surface area contributed by atoms with E-state index in [-0.39, 0.29) is 17.5 Å². The number of rotatable bonds is 3. The van der Waals surface area contributed by atoms with Gasteiger partial charge in [0.05, 0.1) is 6.54 Å². The zero-order valence-electron chi connectivity index (χ0n) is 7.99. The monoisotopic (exact) mass is 191 g/mol. The second-order valence-electron chi connectivity index (χ2n) is 3.09. The molecule has 0 heterocycles. The van der Waals surface area contributed by atoms with E-state index in [1.54, 1.807) is 12.1 Å². The van der Waals surface area contributed by atoms with Gasteiger partial charge >= 0.3 is 0 Å². The molecule has 3 heteroatoms. The highest BCUT2D eigenvalue weighted by atomic mass is 16.3. The lowest BCUT2D eigenvalue weighted by Crippen LogP contribution is -2.18. The molecule has 1 aromatic rings. The van der Waals surface area contributed by atoms with E-state index in [9.17, 15) is 10.2 Å². The van der Waals surface area contributed by atoms with Gasteiger partial charge in [-0.05, 0) is 24.6 Å². The summed E-state index contributed by atoms with van der Waals surface area (Å²) in [7, 11) is 0. The Morgan fingerprint density at radius 1 is 1.36 bits per heavy atom. The third-order valence-corrected chi connectivity index (χ3v) is 1.94. The molecular weight excluding hydrogens is 178 g/mol. The standard InChI is InChI=1S/C11H13NO2/c1-3-4-12-8(2)9-5-10(13)7-11(14)6-9/h1,5-8,12-14H,4H2,2H3. The predicted octanol–water partition coefficient (Wildman–Crippen LogP) is 1.38. The molecule has 0 aliphatic heterocycles. The van der Waals surface area contributed by atoms with E-state index >= 15 is 0 Å². The first-order chi connectivity index (χ1) is 6.63. The predicted molar refractivity (Wildman–Crippen MR) is 55.0 cm³/mol. The lowest BCUT2D eigenvalue weighted by atomic mass is 10.1. The van der Waals surface area contributed by atoms with Crippen LogP contribution in [-0.4, -0.2) is 16.8 Å². The summed E-state index contributed by atoms with van der Waals surface area (Å²) >= 11 is 0. The molecule has 1 unspecified atom stereocenters. The number of terminal acetylenes is 1. The van der Waals surface area contributed by atoms with Crippen molar-refractivity contribution in [1.29, 1.82) is 0 Å². The van der Waals surface area contributed by atoms with Crippen LogP contribution >= 0.6 is 0 Å². The molecule has 0 saturated heterocycles. The van der Waals surface area contributed by atoms with Crippen molar-refractivity contribution in [3.8, 4) is 23.8 Å². The summed E-state index contributed by atoms with van der Waals surface area (Å²) in [6.45, 7) is 2.36. The van der Waals surface area contributed by atoms with Gasteiger partial charge in [0, 0.05) is 12.1 Å². The van der Waals surface area contributed by atoms with Crippen LogP contribution in [0.1, 0.15) is 18.5 Å². The molecule has 0 aliphatic rings. The Hall–Kier alpha value is -1.66. The average Bonchev–Trinajstić information content (AvgIpc) is 2.12. The van der Waals surface area contributed by atoms with E-state index in [4.69, 9.17) is 6.42 Å². The SMILES string of the molecule is C#CCNC(C)c1cc(O)cc(O)c1. The molecule has 0 saturated carbocycles. The van der Waals surface area contributed by atoms with Gasteiger partial charge in [-0.1, -0.05) is 5.92 Å². The van der Waals surface area contributed by atoms with Crippen LogP contribution in [-0.2, 0) is 0 Å². The average molecular weight is 191 g/mol. The Morgan fingerprint density at radius 2 is 1.93 bits per heavy atom. The highest BCUT2D eigenvalue weighted by Crippen LogP contribution is 2.24. The van der Waals surface area contributed by atoms with E-state index < -0.39 is 0 Å². The number of phenolic OH excluding ortho intramolecular Hbond substituents is 2. The molecule has 0 fully saturated rings. The Labute approximate surface area is 83.4 Å². The normalized spacial score (nSPS) is 12.0. The van der Waals surface area contributed by atoms with Crippen molar-refractivity contribution in [1.82, 2.24) is 5.32 Å². The molecule has 1 rings (SSSR count). The van der Waals surface area contributed by atoms with Crippen molar-refractivity contribution in [2.45, 2.75) is 13.0 Å². The van der Waals surface area contributed by atoms with Crippen LogP contribution in [0.15, 0.2) is 18.2 Å². The van der Waals surface area contributed by atoms with Crippen LogP contribution in [0.4, 0.5) is 0 Å². The van der Waals surface area contributed by atoms with Gasteiger partial charge in [-0.25, -0.2) is 0 Å². The number of aromatic hydroxyl groups is 2. The van der Waals surface area contributed by atoms with Gasteiger partial charge in [0.2, 0.25) is 0 Å². The first-order valence-electron chi connectivity index (χ1n) is 4.33. The quantitative estimate of drug-likeness (QED) is 0.633. The second-order valence-corrected chi connectivity index (χ2v) is 3.09. The van der Waals surface area contributed by atoms with Gasteiger partial charge in [0.25, 0.3) is 0 Å². The largest absolute Gasteiger partial charge is 0.508 e. The maximum absolute atomic E-state index is 9.24. The zero-order valence-corrected chi connectivity index (χ0v) is 7.99. The topological polar surface area (TPSA) is 52.5 Å². The smallest absolute Gasteiger partial charge is 0.119 e. The number of nitrogens with one attached hydrogen (secondary N) is 1. The van der Waals surface area contributed by atoms with Gasteiger partial charge in [-0.2, -0.15) is 0 Å². The second kappa shape index (κ2) is 4.54. The van der Waals surface area contributed by atoms with E-state index in [2.05, 4.69) is 11.2 Å². The summed E-state index contributed by atoms with van der Waals surface area (Å²) in [6, 6.07) is 4.48. The minimum absolute atomic E-state index is 0.00375.